The average Bonchev–Trinajstić information content (AvgIpc) is 2.36. The molecule has 5 heteroatoms. The van der Waals surface area contributed by atoms with Crippen molar-refractivity contribution < 1.29 is 8.42 Å². The van der Waals surface area contributed by atoms with Crippen molar-refractivity contribution in [1.82, 2.24) is 0 Å². The number of nitrogens with zero attached hydrogens (tertiary/aromatic N) is 1. The fourth-order valence-corrected chi connectivity index (χ4v) is 3.64. The fraction of sp³-hybridized carbons (Fsp3) is 0.600. The maximum Gasteiger partial charge on any atom is 0.147 e. The van der Waals surface area contributed by atoms with E-state index in [2.05, 4.69) is 17.9 Å². The van der Waals surface area contributed by atoms with E-state index >= 15 is 0 Å². The van der Waals surface area contributed by atoms with E-state index in [9.17, 15) is 8.42 Å². The monoisotopic (exact) mass is 296 g/mol. The Morgan fingerprint density at radius 1 is 1.30 bits per heavy atom. The first-order chi connectivity index (χ1) is 9.35. The topological polar surface area (TPSA) is 63.4 Å². The fourth-order valence-electron chi connectivity index (χ4n) is 2.88. The molecular weight excluding hydrogens is 272 g/mol. The summed E-state index contributed by atoms with van der Waals surface area (Å²) in [6.45, 7) is 4.08. The summed E-state index contributed by atoms with van der Waals surface area (Å²) in [5, 5.41) is 0. The molecule has 1 saturated heterocycles. The first kappa shape index (κ1) is 15.2. The maximum absolute atomic E-state index is 11.2. The third kappa shape index (κ3) is 4.13. The molecule has 0 aliphatic carbocycles. The Morgan fingerprint density at radius 2 is 1.95 bits per heavy atom. The lowest BCUT2D eigenvalue weighted by atomic mass is 9.93. The van der Waals surface area contributed by atoms with E-state index in [1.807, 2.05) is 12.1 Å². The third-order valence-corrected chi connectivity index (χ3v) is 5.05. The van der Waals surface area contributed by atoms with E-state index < -0.39 is 9.84 Å². The Hall–Kier alpha value is -1.23. The summed E-state index contributed by atoms with van der Waals surface area (Å²) >= 11 is 0. The van der Waals surface area contributed by atoms with Crippen LogP contribution in [-0.4, -0.2) is 33.5 Å². The van der Waals surface area contributed by atoms with Gasteiger partial charge in [-0.1, -0.05) is 0 Å². The van der Waals surface area contributed by atoms with Gasteiger partial charge in [-0.3, -0.25) is 0 Å². The minimum atomic E-state index is -2.83. The van der Waals surface area contributed by atoms with Crippen molar-refractivity contribution in [2.24, 2.45) is 5.92 Å². The molecule has 1 aliphatic heterocycles. The van der Waals surface area contributed by atoms with E-state index in [-0.39, 0.29) is 0 Å². The molecule has 1 heterocycles. The standard InChI is InChI=1S/C15H24N2O2S/c1-12-11-14(16)3-4-15(12)17-8-5-13(6-9-17)7-10-20(2,18)19/h3-4,11,13H,5-10,16H2,1-2H3. The Morgan fingerprint density at radius 3 is 2.50 bits per heavy atom. The first-order valence-corrected chi connectivity index (χ1v) is 9.20. The highest BCUT2D eigenvalue weighted by molar-refractivity contribution is 7.90. The van der Waals surface area contributed by atoms with Crippen molar-refractivity contribution in [3.05, 3.63) is 23.8 Å². The summed E-state index contributed by atoms with van der Waals surface area (Å²) in [6, 6.07) is 6.03. The molecule has 0 radical (unpaired) electrons. The number of hydrogen-bond acceptors (Lipinski definition) is 4. The summed E-state index contributed by atoms with van der Waals surface area (Å²) in [5.41, 5.74) is 9.04. The lowest BCUT2D eigenvalue weighted by molar-refractivity contribution is 0.395. The van der Waals surface area contributed by atoms with Crippen LogP contribution in [0, 0.1) is 12.8 Å². The molecule has 2 N–H and O–H groups in total. The van der Waals surface area contributed by atoms with Crippen LogP contribution in [0.2, 0.25) is 0 Å². The number of rotatable bonds is 4. The Kier molecular flexibility index (Phi) is 4.58. The van der Waals surface area contributed by atoms with E-state index in [0.717, 1.165) is 38.0 Å². The predicted octanol–water partition coefficient (Wildman–Crippen LogP) is 2.23. The zero-order valence-corrected chi connectivity index (χ0v) is 13.1. The normalized spacial score (nSPS) is 17.4. The summed E-state index contributed by atoms with van der Waals surface area (Å²) < 4.78 is 22.4. The minimum absolute atomic E-state index is 0.318. The smallest absolute Gasteiger partial charge is 0.147 e. The van der Waals surface area contributed by atoms with Gasteiger partial charge in [0.2, 0.25) is 0 Å². The Bertz CT molecular complexity index is 561. The maximum atomic E-state index is 11.2. The van der Waals surface area contributed by atoms with Gasteiger partial charge in [0.25, 0.3) is 0 Å². The molecule has 20 heavy (non-hydrogen) atoms. The summed E-state index contributed by atoms with van der Waals surface area (Å²) in [6.07, 6.45) is 4.26. The third-order valence-electron chi connectivity index (χ3n) is 4.07. The van der Waals surface area contributed by atoms with Crippen molar-refractivity contribution in [1.29, 1.82) is 0 Å². The zero-order valence-electron chi connectivity index (χ0n) is 12.3. The number of piperidine rings is 1. The number of nitrogens with two attached hydrogens (primary N) is 1. The molecule has 112 valence electrons. The van der Waals surface area contributed by atoms with Gasteiger partial charge in [0.15, 0.2) is 0 Å². The summed E-state index contributed by atoms with van der Waals surface area (Å²) in [7, 11) is -2.83. The van der Waals surface area contributed by atoms with Gasteiger partial charge in [-0.2, -0.15) is 0 Å². The van der Waals surface area contributed by atoms with Crippen molar-refractivity contribution in [2.75, 3.05) is 35.7 Å². The van der Waals surface area contributed by atoms with Crippen LogP contribution in [-0.2, 0) is 9.84 Å². The van der Waals surface area contributed by atoms with Gasteiger partial charge in [0.05, 0.1) is 5.75 Å². The average molecular weight is 296 g/mol. The lowest BCUT2D eigenvalue weighted by Crippen LogP contribution is -2.34. The highest BCUT2D eigenvalue weighted by Crippen LogP contribution is 2.28. The van der Waals surface area contributed by atoms with Crippen molar-refractivity contribution >= 4 is 21.2 Å². The predicted molar refractivity (Wildman–Crippen MR) is 84.9 cm³/mol. The molecule has 1 aliphatic rings. The van der Waals surface area contributed by atoms with Crippen molar-refractivity contribution in [3.8, 4) is 0 Å². The van der Waals surface area contributed by atoms with Crippen LogP contribution >= 0.6 is 0 Å². The number of benzene rings is 1. The van der Waals surface area contributed by atoms with Crippen LogP contribution < -0.4 is 10.6 Å². The van der Waals surface area contributed by atoms with Crippen LogP contribution in [0.15, 0.2) is 18.2 Å². The van der Waals surface area contributed by atoms with Crippen LogP contribution in [0.4, 0.5) is 11.4 Å². The number of hydrogen-bond donors (Lipinski definition) is 1. The number of aryl methyl sites for hydroxylation is 1. The molecule has 1 aromatic rings. The second-order valence-electron chi connectivity index (χ2n) is 5.89. The van der Waals surface area contributed by atoms with Crippen LogP contribution in [0.25, 0.3) is 0 Å². The SMILES string of the molecule is Cc1cc(N)ccc1N1CCC(CCS(C)(=O)=O)CC1. The molecule has 0 bridgehead atoms. The van der Waals surface area contributed by atoms with Gasteiger partial charge in [-0.25, -0.2) is 8.42 Å². The second kappa shape index (κ2) is 6.04. The van der Waals surface area contributed by atoms with Gasteiger partial charge >= 0.3 is 0 Å². The van der Waals surface area contributed by atoms with Gasteiger partial charge in [-0.05, 0) is 55.9 Å². The molecule has 0 unspecified atom stereocenters. The molecule has 0 spiro atoms. The molecule has 0 saturated carbocycles. The molecule has 0 amide bonds. The van der Waals surface area contributed by atoms with Gasteiger partial charge in [0.1, 0.15) is 9.84 Å². The quantitative estimate of drug-likeness (QED) is 0.865. The molecular formula is C15H24N2O2S. The van der Waals surface area contributed by atoms with Crippen molar-refractivity contribution in [3.63, 3.8) is 0 Å². The van der Waals surface area contributed by atoms with Gasteiger partial charge < -0.3 is 10.6 Å². The van der Waals surface area contributed by atoms with Gasteiger partial charge in [-0.15, -0.1) is 0 Å². The van der Waals surface area contributed by atoms with Gasteiger partial charge in [0, 0.05) is 30.7 Å². The molecule has 4 nitrogen and oxygen atoms in total. The Labute approximate surface area is 121 Å². The molecule has 0 atom stereocenters. The van der Waals surface area contributed by atoms with Crippen molar-refractivity contribution in [2.45, 2.75) is 26.2 Å². The second-order valence-corrected chi connectivity index (χ2v) is 8.15. The van der Waals surface area contributed by atoms with Crippen LogP contribution in [0.5, 0.6) is 0 Å². The van der Waals surface area contributed by atoms with E-state index in [0.29, 0.717) is 11.7 Å². The number of nitrogen functional groups attached to an aromatic ring is 1. The molecule has 2 rings (SSSR count). The summed E-state index contributed by atoms with van der Waals surface area (Å²) in [5.74, 6) is 0.855. The minimum Gasteiger partial charge on any atom is -0.399 e. The number of anilines is 2. The first-order valence-electron chi connectivity index (χ1n) is 7.14. The molecule has 1 fully saturated rings. The van der Waals surface area contributed by atoms with Crippen LogP contribution in [0.3, 0.4) is 0 Å². The number of sulfone groups is 1. The van der Waals surface area contributed by atoms with E-state index in [1.54, 1.807) is 0 Å². The summed E-state index contributed by atoms with van der Waals surface area (Å²) in [4.78, 5) is 2.38. The van der Waals surface area contributed by atoms with E-state index in [4.69, 9.17) is 5.73 Å². The van der Waals surface area contributed by atoms with E-state index in [1.165, 1.54) is 17.5 Å². The molecule has 1 aromatic carbocycles. The van der Waals surface area contributed by atoms with Crippen LogP contribution in [0.1, 0.15) is 24.8 Å². The highest BCUT2D eigenvalue weighted by atomic mass is 32.2. The Balaban J connectivity index is 1.91. The highest BCUT2D eigenvalue weighted by Gasteiger charge is 2.21. The molecule has 0 aromatic heterocycles. The zero-order chi connectivity index (χ0) is 14.8. The largest absolute Gasteiger partial charge is 0.399 e. The lowest BCUT2D eigenvalue weighted by Gasteiger charge is -2.34.